The molecule has 18 heavy (non-hydrogen) atoms. The smallest absolute Gasteiger partial charge is 0.298 e. The Morgan fingerprint density at radius 2 is 2.06 bits per heavy atom. The summed E-state index contributed by atoms with van der Waals surface area (Å²) in [6, 6.07) is 8.62. The Bertz CT molecular complexity index is 483. The molecule has 0 saturated carbocycles. The number of hydrogen-bond donors (Lipinski definition) is 0. The third kappa shape index (κ3) is 2.34. The van der Waals surface area contributed by atoms with Crippen molar-refractivity contribution in [2.24, 2.45) is 0 Å². The van der Waals surface area contributed by atoms with E-state index in [1.807, 2.05) is 31.3 Å². The fourth-order valence-corrected chi connectivity index (χ4v) is 2.42. The fourth-order valence-electron chi connectivity index (χ4n) is 2.42. The van der Waals surface area contributed by atoms with Gasteiger partial charge in [0.2, 0.25) is 0 Å². The van der Waals surface area contributed by atoms with Gasteiger partial charge in [0, 0.05) is 20.1 Å². The minimum Gasteiger partial charge on any atom is -0.423 e. The summed E-state index contributed by atoms with van der Waals surface area (Å²) in [6.07, 6.45) is 2.68. The molecule has 4 nitrogen and oxygen atoms in total. The predicted molar refractivity (Wildman–Crippen MR) is 73.0 cm³/mol. The SMILES string of the molecule is CN(CCN1CCCC1)c1nc2ccccc2o1. The summed E-state index contributed by atoms with van der Waals surface area (Å²) in [6.45, 7) is 4.53. The molecule has 0 unspecified atom stereocenters. The van der Waals surface area contributed by atoms with Gasteiger partial charge in [-0.2, -0.15) is 4.98 Å². The second-order valence-corrected chi connectivity index (χ2v) is 4.93. The predicted octanol–water partition coefficient (Wildman–Crippen LogP) is 2.36. The monoisotopic (exact) mass is 245 g/mol. The first-order chi connectivity index (χ1) is 8.83. The van der Waals surface area contributed by atoms with Gasteiger partial charge in [-0.15, -0.1) is 0 Å². The van der Waals surface area contributed by atoms with Crippen LogP contribution in [0.3, 0.4) is 0 Å². The lowest BCUT2D eigenvalue weighted by molar-refractivity contribution is 0.344. The number of oxazole rings is 1. The third-order valence-corrected chi connectivity index (χ3v) is 3.56. The van der Waals surface area contributed by atoms with Crippen LogP contribution in [0.4, 0.5) is 6.01 Å². The zero-order valence-electron chi connectivity index (χ0n) is 10.8. The van der Waals surface area contributed by atoms with Gasteiger partial charge in [-0.25, -0.2) is 0 Å². The number of likely N-dealkylation sites (N-methyl/N-ethyl adjacent to an activating group) is 1. The maximum absolute atomic E-state index is 5.74. The minimum absolute atomic E-state index is 0.718. The number of aromatic nitrogens is 1. The standard InChI is InChI=1S/C14H19N3O/c1-16(10-11-17-8-4-5-9-17)14-15-12-6-2-3-7-13(12)18-14/h2-3,6-7H,4-5,8-11H2,1H3. The molecule has 0 amide bonds. The molecule has 1 aromatic heterocycles. The summed E-state index contributed by atoms with van der Waals surface area (Å²) in [7, 11) is 2.04. The van der Waals surface area contributed by atoms with Gasteiger partial charge in [-0.3, -0.25) is 0 Å². The third-order valence-electron chi connectivity index (χ3n) is 3.56. The van der Waals surface area contributed by atoms with E-state index < -0.39 is 0 Å². The molecule has 1 aliphatic heterocycles. The largest absolute Gasteiger partial charge is 0.423 e. The number of benzene rings is 1. The van der Waals surface area contributed by atoms with Crippen LogP contribution in [0.1, 0.15) is 12.8 Å². The number of likely N-dealkylation sites (tertiary alicyclic amines) is 1. The van der Waals surface area contributed by atoms with Crippen LogP contribution >= 0.6 is 0 Å². The van der Waals surface area contributed by atoms with Crippen LogP contribution in [0.5, 0.6) is 0 Å². The van der Waals surface area contributed by atoms with E-state index in [9.17, 15) is 0 Å². The van der Waals surface area contributed by atoms with Crippen molar-refractivity contribution in [2.45, 2.75) is 12.8 Å². The van der Waals surface area contributed by atoms with Crippen LogP contribution in [0.2, 0.25) is 0 Å². The summed E-state index contributed by atoms with van der Waals surface area (Å²) in [4.78, 5) is 9.09. The van der Waals surface area contributed by atoms with Gasteiger partial charge in [0.15, 0.2) is 5.58 Å². The molecule has 2 heterocycles. The van der Waals surface area contributed by atoms with E-state index in [0.717, 1.165) is 30.2 Å². The van der Waals surface area contributed by atoms with E-state index in [2.05, 4.69) is 14.8 Å². The molecule has 1 saturated heterocycles. The molecule has 3 rings (SSSR count). The quantitative estimate of drug-likeness (QED) is 0.827. The average Bonchev–Trinajstić information content (AvgIpc) is 3.04. The Kier molecular flexibility index (Phi) is 3.19. The first kappa shape index (κ1) is 11.5. The summed E-state index contributed by atoms with van der Waals surface area (Å²) >= 11 is 0. The van der Waals surface area contributed by atoms with Crippen molar-refractivity contribution < 1.29 is 4.42 Å². The molecule has 0 radical (unpaired) electrons. The molecule has 1 aromatic carbocycles. The molecule has 1 aliphatic rings. The second-order valence-electron chi connectivity index (χ2n) is 4.93. The molecule has 0 N–H and O–H groups in total. The van der Waals surface area contributed by atoms with Gasteiger partial charge in [-0.05, 0) is 38.1 Å². The Labute approximate surface area is 107 Å². The van der Waals surface area contributed by atoms with Crippen molar-refractivity contribution in [1.82, 2.24) is 9.88 Å². The van der Waals surface area contributed by atoms with E-state index in [4.69, 9.17) is 4.42 Å². The van der Waals surface area contributed by atoms with Crippen molar-refractivity contribution in [3.63, 3.8) is 0 Å². The highest BCUT2D eigenvalue weighted by Gasteiger charge is 2.14. The van der Waals surface area contributed by atoms with Crippen LogP contribution in [0.25, 0.3) is 11.1 Å². The molecule has 0 atom stereocenters. The van der Waals surface area contributed by atoms with E-state index in [0.29, 0.717) is 0 Å². The van der Waals surface area contributed by atoms with E-state index in [1.165, 1.54) is 25.9 Å². The molecular formula is C14H19N3O. The van der Waals surface area contributed by atoms with Gasteiger partial charge in [0.1, 0.15) is 5.52 Å². The molecule has 0 aliphatic carbocycles. The van der Waals surface area contributed by atoms with E-state index in [-0.39, 0.29) is 0 Å². The van der Waals surface area contributed by atoms with Crippen molar-refractivity contribution in [2.75, 3.05) is 38.1 Å². The van der Waals surface area contributed by atoms with Gasteiger partial charge in [0.05, 0.1) is 0 Å². The van der Waals surface area contributed by atoms with Gasteiger partial charge < -0.3 is 14.2 Å². The van der Waals surface area contributed by atoms with E-state index >= 15 is 0 Å². The lowest BCUT2D eigenvalue weighted by atomic mass is 10.3. The number of para-hydroxylation sites is 2. The topological polar surface area (TPSA) is 32.5 Å². The highest BCUT2D eigenvalue weighted by Crippen LogP contribution is 2.20. The number of fused-ring (bicyclic) bond motifs is 1. The van der Waals surface area contributed by atoms with Crippen LogP contribution < -0.4 is 4.90 Å². The Morgan fingerprint density at radius 1 is 1.28 bits per heavy atom. The molecular weight excluding hydrogens is 226 g/mol. The average molecular weight is 245 g/mol. The van der Waals surface area contributed by atoms with Crippen molar-refractivity contribution in [1.29, 1.82) is 0 Å². The van der Waals surface area contributed by atoms with Crippen molar-refractivity contribution >= 4 is 17.1 Å². The highest BCUT2D eigenvalue weighted by atomic mass is 16.4. The molecule has 1 fully saturated rings. The Hall–Kier alpha value is -1.55. The van der Waals surface area contributed by atoms with Crippen LogP contribution in [0, 0.1) is 0 Å². The van der Waals surface area contributed by atoms with Crippen LogP contribution in [0.15, 0.2) is 28.7 Å². The first-order valence-corrected chi connectivity index (χ1v) is 6.62. The van der Waals surface area contributed by atoms with Crippen molar-refractivity contribution in [3.8, 4) is 0 Å². The molecule has 96 valence electrons. The Balaban J connectivity index is 1.65. The number of hydrogen-bond acceptors (Lipinski definition) is 4. The van der Waals surface area contributed by atoms with Gasteiger partial charge >= 0.3 is 0 Å². The molecule has 4 heteroatoms. The number of nitrogens with zero attached hydrogens (tertiary/aromatic N) is 3. The zero-order chi connectivity index (χ0) is 12.4. The van der Waals surface area contributed by atoms with Crippen LogP contribution in [-0.2, 0) is 0 Å². The second kappa shape index (κ2) is 4.98. The maximum Gasteiger partial charge on any atom is 0.298 e. The molecule has 0 spiro atoms. The Morgan fingerprint density at radius 3 is 2.83 bits per heavy atom. The van der Waals surface area contributed by atoms with Crippen molar-refractivity contribution in [3.05, 3.63) is 24.3 Å². The lowest BCUT2D eigenvalue weighted by Gasteiger charge is -2.19. The summed E-state index contributed by atoms with van der Waals surface area (Å²) in [5.74, 6) is 0. The summed E-state index contributed by atoms with van der Waals surface area (Å²) in [5.41, 5.74) is 1.79. The van der Waals surface area contributed by atoms with E-state index in [1.54, 1.807) is 0 Å². The number of rotatable bonds is 4. The molecule has 2 aromatic rings. The van der Waals surface area contributed by atoms with Gasteiger partial charge in [-0.1, -0.05) is 12.1 Å². The normalized spacial score (nSPS) is 16.5. The van der Waals surface area contributed by atoms with Crippen LogP contribution in [-0.4, -0.2) is 43.1 Å². The zero-order valence-corrected chi connectivity index (χ0v) is 10.8. The fraction of sp³-hybridized carbons (Fsp3) is 0.500. The molecule has 0 bridgehead atoms. The minimum atomic E-state index is 0.718. The summed E-state index contributed by atoms with van der Waals surface area (Å²) in [5, 5.41) is 0. The maximum atomic E-state index is 5.74. The lowest BCUT2D eigenvalue weighted by Crippen LogP contribution is -2.31. The highest BCUT2D eigenvalue weighted by molar-refractivity contribution is 5.74. The number of anilines is 1. The summed E-state index contributed by atoms with van der Waals surface area (Å²) < 4.78 is 5.74. The van der Waals surface area contributed by atoms with Gasteiger partial charge in [0.25, 0.3) is 6.01 Å². The first-order valence-electron chi connectivity index (χ1n) is 6.62.